The van der Waals surface area contributed by atoms with Crippen molar-refractivity contribution < 1.29 is 4.79 Å². The van der Waals surface area contributed by atoms with Gasteiger partial charge in [0.1, 0.15) is 6.29 Å². The maximum Gasteiger partial charge on any atom is 0.119 e. The van der Waals surface area contributed by atoms with Crippen molar-refractivity contribution in [2.45, 2.75) is 58.3 Å². The molecule has 1 nitrogen and oxygen atoms in total. The Labute approximate surface area is 75.5 Å². The number of rotatable bonds is 4. The zero-order chi connectivity index (χ0) is 8.86. The fourth-order valence-corrected chi connectivity index (χ4v) is 2.27. The third-order valence-corrected chi connectivity index (χ3v) is 3.16. The summed E-state index contributed by atoms with van der Waals surface area (Å²) in [6.45, 7) is 2.39. The van der Waals surface area contributed by atoms with Crippen LogP contribution >= 0.6 is 0 Å². The molecule has 0 aliphatic heterocycles. The first-order valence-electron chi connectivity index (χ1n) is 5.20. The summed E-state index contributed by atoms with van der Waals surface area (Å²) in [6, 6.07) is 0. The molecule has 1 saturated carbocycles. The summed E-state index contributed by atoms with van der Waals surface area (Å²) in [4.78, 5) is 10.2. The zero-order valence-electron chi connectivity index (χ0n) is 8.14. The summed E-state index contributed by atoms with van der Waals surface area (Å²) in [6.07, 6.45) is 11.1. The van der Waals surface area contributed by atoms with Crippen molar-refractivity contribution in [1.29, 1.82) is 0 Å². The monoisotopic (exact) mass is 168 g/mol. The van der Waals surface area contributed by atoms with Gasteiger partial charge in [0.2, 0.25) is 0 Å². The van der Waals surface area contributed by atoms with Gasteiger partial charge in [-0.3, -0.25) is 0 Å². The van der Waals surface area contributed by atoms with E-state index in [-0.39, 0.29) is 0 Å². The Hall–Kier alpha value is -0.330. The highest BCUT2D eigenvalue weighted by Gasteiger charge is 2.25. The van der Waals surface area contributed by atoms with Crippen LogP contribution in [0.15, 0.2) is 0 Å². The average molecular weight is 168 g/mol. The van der Waals surface area contributed by atoms with Crippen molar-refractivity contribution in [3.05, 3.63) is 0 Å². The molecule has 0 atom stereocenters. The van der Waals surface area contributed by atoms with Crippen LogP contribution in [-0.2, 0) is 4.79 Å². The maximum absolute atomic E-state index is 10.2. The van der Waals surface area contributed by atoms with Crippen LogP contribution in [0.2, 0.25) is 0 Å². The largest absolute Gasteiger partial charge is 0.303 e. The van der Waals surface area contributed by atoms with Crippen LogP contribution in [0, 0.1) is 5.41 Å². The molecule has 0 spiro atoms. The predicted molar refractivity (Wildman–Crippen MR) is 51.1 cm³/mol. The molecule has 0 unspecified atom stereocenters. The second-order valence-corrected chi connectivity index (χ2v) is 4.43. The minimum absolute atomic E-state index is 0.571. The van der Waals surface area contributed by atoms with Crippen molar-refractivity contribution in [3.63, 3.8) is 0 Å². The molecule has 12 heavy (non-hydrogen) atoms. The van der Waals surface area contributed by atoms with Gasteiger partial charge in [0.25, 0.3) is 0 Å². The first kappa shape index (κ1) is 9.76. The molecule has 1 rings (SSSR count). The van der Waals surface area contributed by atoms with Gasteiger partial charge >= 0.3 is 0 Å². The van der Waals surface area contributed by atoms with Gasteiger partial charge in [-0.25, -0.2) is 0 Å². The number of aldehydes is 1. The Morgan fingerprint density at radius 3 is 2.50 bits per heavy atom. The standard InChI is InChI=1S/C11H20O/c1-11(9-5-6-10-12)7-3-2-4-8-11/h10H,2-9H2,1H3. The highest BCUT2D eigenvalue weighted by Crippen LogP contribution is 2.39. The Bertz CT molecular complexity index is 134. The Morgan fingerprint density at radius 2 is 1.92 bits per heavy atom. The molecule has 1 aliphatic rings. The number of hydrogen-bond acceptors (Lipinski definition) is 1. The third-order valence-electron chi connectivity index (χ3n) is 3.16. The van der Waals surface area contributed by atoms with Crippen LogP contribution in [0.5, 0.6) is 0 Å². The summed E-state index contributed by atoms with van der Waals surface area (Å²) in [5.74, 6) is 0. The van der Waals surface area contributed by atoms with E-state index in [1.807, 2.05) is 0 Å². The fourth-order valence-electron chi connectivity index (χ4n) is 2.27. The van der Waals surface area contributed by atoms with Crippen LogP contribution in [0.1, 0.15) is 58.3 Å². The van der Waals surface area contributed by atoms with Crippen LogP contribution in [-0.4, -0.2) is 6.29 Å². The lowest BCUT2D eigenvalue weighted by Gasteiger charge is -2.33. The van der Waals surface area contributed by atoms with Gasteiger partial charge < -0.3 is 4.79 Å². The average Bonchev–Trinajstić information content (AvgIpc) is 2.06. The van der Waals surface area contributed by atoms with Crippen LogP contribution in [0.4, 0.5) is 0 Å². The molecule has 1 aliphatic carbocycles. The summed E-state index contributed by atoms with van der Waals surface area (Å²) >= 11 is 0. The predicted octanol–water partition coefficient (Wildman–Crippen LogP) is 3.33. The number of hydrogen-bond donors (Lipinski definition) is 0. The molecule has 1 heteroatoms. The first-order valence-corrected chi connectivity index (χ1v) is 5.20. The number of carbonyl (C=O) groups excluding carboxylic acids is 1. The van der Waals surface area contributed by atoms with E-state index in [0.29, 0.717) is 5.41 Å². The van der Waals surface area contributed by atoms with E-state index in [0.717, 1.165) is 19.1 Å². The lowest BCUT2D eigenvalue weighted by atomic mass is 9.73. The lowest BCUT2D eigenvalue weighted by Crippen LogP contribution is -2.19. The second kappa shape index (κ2) is 4.64. The van der Waals surface area contributed by atoms with Gasteiger partial charge in [0.15, 0.2) is 0 Å². The van der Waals surface area contributed by atoms with E-state index in [9.17, 15) is 4.79 Å². The third kappa shape index (κ3) is 2.96. The van der Waals surface area contributed by atoms with Gasteiger partial charge in [0, 0.05) is 6.42 Å². The Morgan fingerprint density at radius 1 is 1.25 bits per heavy atom. The van der Waals surface area contributed by atoms with E-state index in [4.69, 9.17) is 0 Å². The number of carbonyl (C=O) groups is 1. The molecule has 0 amide bonds. The molecule has 0 bridgehead atoms. The molecule has 70 valence electrons. The molecule has 0 aromatic carbocycles. The highest BCUT2D eigenvalue weighted by molar-refractivity contribution is 5.48. The molecule has 0 saturated heterocycles. The first-order chi connectivity index (χ1) is 5.77. The van der Waals surface area contributed by atoms with Crippen LogP contribution < -0.4 is 0 Å². The highest BCUT2D eigenvalue weighted by atomic mass is 16.1. The SMILES string of the molecule is CC1(CCCC=O)CCCCC1. The van der Waals surface area contributed by atoms with Crippen molar-refractivity contribution in [1.82, 2.24) is 0 Å². The van der Waals surface area contributed by atoms with E-state index in [1.165, 1.54) is 38.5 Å². The van der Waals surface area contributed by atoms with E-state index >= 15 is 0 Å². The van der Waals surface area contributed by atoms with Gasteiger partial charge in [-0.15, -0.1) is 0 Å². The van der Waals surface area contributed by atoms with Crippen LogP contribution in [0.3, 0.4) is 0 Å². The number of unbranched alkanes of at least 4 members (excludes halogenated alkanes) is 1. The smallest absolute Gasteiger partial charge is 0.119 e. The summed E-state index contributed by atoms with van der Waals surface area (Å²) < 4.78 is 0. The summed E-state index contributed by atoms with van der Waals surface area (Å²) in [5.41, 5.74) is 0.571. The van der Waals surface area contributed by atoms with E-state index in [1.54, 1.807) is 0 Å². The minimum Gasteiger partial charge on any atom is -0.303 e. The molecule has 0 radical (unpaired) electrons. The fraction of sp³-hybridized carbons (Fsp3) is 0.909. The van der Waals surface area contributed by atoms with Gasteiger partial charge in [-0.2, -0.15) is 0 Å². The Kier molecular flexibility index (Phi) is 3.77. The lowest BCUT2D eigenvalue weighted by molar-refractivity contribution is -0.108. The van der Waals surface area contributed by atoms with Crippen molar-refractivity contribution >= 4 is 6.29 Å². The molecule has 1 fully saturated rings. The summed E-state index contributed by atoms with van der Waals surface area (Å²) in [5, 5.41) is 0. The Balaban J connectivity index is 2.21. The molecular formula is C11H20O. The quantitative estimate of drug-likeness (QED) is 0.465. The van der Waals surface area contributed by atoms with Crippen LogP contribution in [0.25, 0.3) is 0 Å². The maximum atomic E-state index is 10.2. The zero-order valence-corrected chi connectivity index (χ0v) is 8.14. The topological polar surface area (TPSA) is 17.1 Å². The molecule has 0 heterocycles. The van der Waals surface area contributed by atoms with E-state index < -0.39 is 0 Å². The van der Waals surface area contributed by atoms with Crippen molar-refractivity contribution in [2.24, 2.45) is 5.41 Å². The van der Waals surface area contributed by atoms with Crippen molar-refractivity contribution in [3.8, 4) is 0 Å². The van der Waals surface area contributed by atoms with Gasteiger partial charge in [-0.1, -0.05) is 26.2 Å². The molecular weight excluding hydrogens is 148 g/mol. The molecule has 0 aromatic rings. The summed E-state index contributed by atoms with van der Waals surface area (Å²) in [7, 11) is 0. The molecule has 0 aromatic heterocycles. The minimum atomic E-state index is 0.571. The van der Waals surface area contributed by atoms with Gasteiger partial charge in [0.05, 0.1) is 0 Å². The second-order valence-electron chi connectivity index (χ2n) is 4.43. The van der Waals surface area contributed by atoms with E-state index in [2.05, 4.69) is 6.92 Å². The normalized spacial score (nSPS) is 22.1. The molecule has 0 N–H and O–H groups in total. The van der Waals surface area contributed by atoms with Crippen molar-refractivity contribution in [2.75, 3.05) is 0 Å². The van der Waals surface area contributed by atoms with Gasteiger partial charge in [-0.05, 0) is 31.1 Å².